The van der Waals surface area contributed by atoms with Crippen LogP contribution in [-0.4, -0.2) is 10.8 Å². The molecule has 0 aliphatic carbocycles. The number of nitro benzene ring substituents is 1. The molecule has 1 rings (SSSR count). The number of carbonyl (C=O) groups excluding carboxylic acids is 1. The van der Waals surface area contributed by atoms with Gasteiger partial charge in [0.1, 0.15) is 17.4 Å². The van der Waals surface area contributed by atoms with E-state index in [1.165, 1.54) is 6.92 Å². The van der Waals surface area contributed by atoms with E-state index >= 15 is 0 Å². The van der Waals surface area contributed by atoms with Crippen molar-refractivity contribution in [2.24, 2.45) is 5.92 Å². The summed E-state index contributed by atoms with van der Waals surface area (Å²) in [5.41, 5.74) is -0.688. The van der Waals surface area contributed by atoms with Gasteiger partial charge in [-0.3, -0.25) is 14.9 Å². The molecule has 1 aromatic rings. The highest BCUT2D eigenvalue weighted by Gasteiger charge is 2.19. The molecule has 88 valence electrons. The van der Waals surface area contributed by atoms with E-state index in [1.54, 1.807) is 6.07 Å². The summed E-state index contributed by atoms with van der Waals surface area (Å²) in [7, 11) is 0. The average molecular weight is 237 g/mol. The molecule has 0 fully saturated rings. The van der Waals surface area contributed by atoms with Gasteiger partial charge in [0.15, 0.2) is 0 Å². The third kappa shape index (κ3) is 2.98. The van der Waals surface area contributed by atoms with Gasteiger partial charge in [0, 0.05) is 0 Å². The molecule has 1 atom stereocenters. The number of nitrogens with zero attached hydrogens (tertiary/aromatic N) is 2. The van der Waals surface area contributed by atoms with Gasteiger partial charge in [-0.2, -0.15) is 5.26 Å². The largest absolute Gasteiger partial charge is 0.319 e. The van der Waals surface area contributed by atoms with Crippen LogP contribution in [0.2, 0.25) is 0 Å². The molecule has 0 aliphatic rings. The Morgan fingerprint density at radius 1 is 1.65 bits per heavy atom. The van der Waals surface area contributed by atoms with Crippen molar-refractivity contribution in [2.45, 2.75) is 6.92 Å². The first-order chi connectivity index (χ1) is 7.95. The second kappa shape index (κ2) is 5.03. The van der Waals surface area contributed by atoms with Crippen molar-refractivity contribution in [3.05, 3.63) is 34.1 Å². The topological polar surface area (TPSA) is 96.0 Å². The summed E-state index contributed by atoms with van der Waals surface area (Å²) in [5.74, 6) is -2.40. The summed E-state index contributed by atoms with van der Waals surface area (Å²) >= 11 is 0. The molecule has 1 amide bonds. The lowest BCUT2D eigenvalue weighted by Gasteiger charge is -2.06. The van der Waals surface area contributed by atoms with Gasteiger partial charge in [0.25, 0.3) is 5.69 Å². The van der Waals surface area contributed by atoms with Crippen molar-refractivity contribution in [3.8, 4) is 6.07 Å². The van der Waals surface area contributed by atoms with E-state index in [-0.39, 0.29) is 5.69 Å². The van der Waals surface area contributed by atoms with Gasteiger partial charge in [-0.15, -0.1) is 0 Å². The zero-order valence-corrected chi connectivity index (χ0v) is 8.81. The number of hydrogen-bond donors (Lipinski definition) is 1. The zero-order chi connectivity index (χ0) is 13.0. The molecule has 6 nitrogen and oxygen atoms in total. The molecule has 0 bridgehead atoms. The number of benzene rings is 1. The van der Waals surface area contributed by atoms with Crippen molar-refractivity contribution >= 4 is 17.3 Å². The second-order valence-corrected chi connectivity index (χ2v) is 3.26. The van der Waals surface area contributed by atoms with Crippen LogP contribution in [0.3, 0.4) is 0 Å². The number of rotatable bonds is 3. The van der Waals surface area contributed by atoms with Crippen LogP contribution < -0.4 is 5.32 Å². The minimum Gasteiger partial charge on any atom is -0.319 e. The number of nitriles is 1. The van der Waals surface area contributed by atoms with Gasteiger partial charge in [-0.1, -0.05) is 0 Å². The fourth-order valence-corrected chi connectivity index (χ4v) is 1.06. The molecule has 0 saturated heterocycles. The summed E-state index contributed by atoms with van der Waals surface area (Å²) in [6, 6.07) is 4.45. The highest BCUT2D eigenvalue weighted by atomic mass is 19.1. The maximum absolute atomic E-state index is 12.8. The van der Waals surface area contributed by atoms with Crippen LogP contribution in [0.25, 0.3) is 0 Å². The Morgan fingerprint density at radius 3 is 2.82 bits per heavy atom. The maximum Gasteiger partial charge on any atom is 0.295 e. The molecule has 0 spiro atoms. The summed E-state index contributed by atoms with van der Waals surface area (Å²) in [6.45, 7) is 1.35. The molecular weight excluding hydrogens is 229 g/mol. The highest BCUT2D eigenvalue weighted by molar-refractivity contribution is 5.95. The van der Waals surface area contributed by atoms with E-state index in [0.717, 1.165) is 12.1 Å². The van der Waals surface area contributed by atoms with E-state index in [2.05, 4.69) is 5.32 Å². The van der Waals surface area contributed by atoms with Crippen LogP contribution in [0, 0.1) is 33.2 Å². The molecular formula is C10H8FN3O3. The molecule has 0 heterocycles. The van der Waals surface area contributed by atoms with Crippen molar-refractivity contribution in [2.75, 3.05) is 5.32 Å². The second-order valence-electron chi connectivity index (χ2n) is 3.26. The quantitative estimate of drug-likeness (QED) is 0.640. The molecule has 0 aromatic heterocycles. The minimum absolute atomic E-state index is 0.136. The number of amides is 1. The summed E-state index contributed by atoms with van der Waals surface area (Å²) in [5, 5.41) is 21.3. The molecule has 1 N–H and O–H groups in total. The molecule has 0 radical (unpaired) electrons. The molecule has 0 saturated carbocycles. The van der Waals surface area contributed by atoms with Crippen LogP contribution in [0.5, 0.6) is 0 Å². The Balaban J connectivity index is 3.03. The van der Waals surface area contributed by atoms with Crippen molar-refractivity contribution in [1.29, 1.82) is 5.26 Å². The molecule has 7 heteroatoms. The lowest BCUT2D eigenvalue weighted by molar-refractivity contribution is -0.384. The zero-order valence-electron chi connectivity index (χ0n) is 8.81. The minimum atomic E-state index is -0.945. The van der Waals surface area contributed by atoms with Crippen molar-refractivity contribution in [3.63, 3.8) is 0 Å². The van der Waals surface area contributed by atoms with Crippen LogP contribution >= 0.6 is 0 Å². The Morgan fingerprint density at radius 2 is 2.29 bits per heavy atom. The number of nitrogens with one attached hydrogen (secondary N) is 1. The maximum atomic E-state index is 12.8. The smallest absolute Gasteiger partial charge is 0.295 e. The van der Waals surface area contributed by atoms with Crippen LogP contribution in [0.1, 0.15) is 6.92 Å². The number of nitro groups is 1. The first-order valence-electron chi connectivity index (χ1n) is 4.60. The van der Waals surface area contributed by atoms with E-state index in [4.69, 9.17) is 5.26 Å². The van der Waals surface area contributed by atoms with Crippen LogP contribution in [-0.2, 0) is 4.79 Å². The summed E-state index contributed by atoms with van der Waals surface area (Å²) in [6.07, 6.45) is 0. The van der Waals surface area contributed by atoms with E-state index in [1.807, 2.05) is 0 Å². The van der Waals surface area contributed by atoms with Gasteiger partial charge >= 0.3 is 0 Å². The first-order valence-corrected chi connectivity index (χ1v) is 4.60. The van der Waals surface area contributed by atoms with Gasteiger partial charge in [0.05, 0.1) is 17.1 Å². The fraction of sp³-hybridized carbons (Fsp3) is 0.200. The lowest BCUT2D eigenvalue weighted by atomic mass is 10.2. The Kier molecular flexibility index (Phi) is 3.72. The standard InChI is InChI=1S/C10H8FN3O3/c1-6(5-12)10(15)13-8-3-2-7(11)4-9(8)14(16)17/h2-4,6H,1H3,(H,13,15). The van der Waals surface area contributed by atoms with Gasteiger partial charge in [-0.05, 0) is 19.1 Å². The van der Waals surface area contributed by atoms with E-state index < -0.39 is 28.3 Å². The SMILES string of the molecule is CC(C#N)C(=O)Nc1ccc(F)cc1[N+](=O)[O-]. The van der Waals surface area contributed by atoms with Crippen molar-refractivity contribution < 1.29 is 14.1 Å². The normalized spacial score (nSPS) is 11.4. The van der Waals surface area contributed by atoms with Gasteiger partial charge < -0.3 is 5.32 Å². The number of halogens is 1. The molecule has 0 aliphatic heterocycles. The Labute approximate surface area is 95.8 Å². The van der Waals surface area contributed by atoms with Crippen molar-refractivity contribution in [1.82, 2.24) is 0 Å². The monoisotopic (exact) mass is 237 g/mol. The molecule has 1 aromatic carbocycles. The average Bonchev–Trinajstić information content (AvgIpc) is 2.29. The first kappa shape index (κ1) is 12.6. The number of carbonyl (C=O) groups is 1. The Hall–Kier alpha value is -2.49. The van der Waals surface area contributed by atoms with Crippen LogP contribution in [0.4, 0.5) is 15.8 Å². The summed E-state index contributed by atoms with van der Waals surface area (Å²) < 4.78 is 12.8. The third-order valence-electron chi connectivity index (χ3n) is 2.00. The predicted molar refractivity (Wildman–Crippen MR) is 56.5 cm³/mol. The number of anilines is 1. The van der Waals surface area contributed by atoms with E-state index in [0.29, 0.717) is 6.07 Å². The van der Waals surface area contributed by atoms with Gasteiger partial charge in [0.2, 0.25) is 5.91 Å². The van der Waals surface area contributed by atoms with E-state index in [9.17, 15) is 19.3 Å². The fourth-order valence-electron chi connectivity index (χ4n) is 1.06. The highest BCUT2D eigenvalue weighted by Crippen LogP contribution is 2.25. The molecule has 1 unspecified atom stereocenters. The molecule has 17 heavy (non-hydrogen) atoms. The lowest BCUT2D eigenvalue weighted by Crippen LogP contribution is -2.19. The van der Waals surface area contributed by atoms with Gasteiger partial charge in [-0.25, -0.2) is 4.39 Å². The predicted octanol–water partition coefficient (Wildman–Crippen LogP) is 1.83. The third-order valence-corrected chi connectivity index (χ3v) is 2.00. The van der Waals surface area contributed by atoms with Crippen LogP contribution in [0.15, 0.2) is 18.2 Å². The Bertz CT molecular complexity index is 510. The number of hydrogen-bond acceptors (Lipinski definition) is 4. The summed E-state index contributed by atoms with van der Waals surface area (Å²) in [4.78, 5) is 21.2.